The molecule has 4 rings (SSSR count). The summed E-state index contributed by atoms with van der Waals surface area (Å²) < 4.78 is 0. The van der Waals surface area contributed by atoms with Gasteiger partial charge in [-0.15, -0.1) is 0 Å². The molecule has 0 radical (unpaired) electrons. The first-order valence-corrected chi connectivity index (χ1v) is 24.7. The van der Waals surface area contributed by atoms with E-state index in [9.17, 15) is 38.7 Å². The highest BCUT2D eigenvalue weighted by Crippen LogP contribution is 2.33. The van der Waals surface area contributed by atoms with Crippen LogP contribution in [0.3, 0.4) is 0 Å². The number of guanidine groups is 2. The molecule has 0 bridgehead atoms. The lowest BCUT2D eigenvalue weighted by atomic mass is 10.0. The maximum Gasteiger partial charge on any atom is 0.315 e. The van der Waals surface area contributed by atoms with Gasteiger partial charge in [0.15, 0.2) is 11.9 Å². The van der Waals surface area contributed by atoms with E-state index in [1.54, 1.807) is 42.5 Å². The number of fused-ring (bicyclic) bond motifs is 1. The first-order chi connectivity index (χ1) is 33.5. The van der Waals surface area contributed by atoms with Crippen LogP contribution in [-0.2, 0) is 41.6 Å². The molecule has 2 fully saturated rings. The monoisotopic (exact) mass is 994 g/mol. The first-order valence-electron chi connectivity index (χ1n) is 23.7. The van der Waals surface area contributed by atoms with Gasteiger partial charge in [0.25, 0.3) is 0 Å². The molecular weight excluding hydrogens is 923 g/mol. The van der Waals surface area contributed by atoms with Gasteiger partial charge in [0.2, 0.25) is 35.4 Å². The van der Waals surface area contributed by atoms with Gasteiger partial charge in [0, 0.05) is 49.9 Å². The number of primary amides is 1. The van der Waals surface area contributed by atoms with E-state index in [4.69, 9.17) is 33.8 Å². The van der Waals surface area contributed by atoms with Gasteiger partial charge < -0.3 is 75.9 Å². The largest absolute Gasteiger partial charge is 0.508 e. The van der Waals surface area contributed by atoms with Crippen LogP contribution in [0.4, 0.5) is 4.79 Å². The van der Waals surface area contributed by atoms with Crippen molar-refractivity contribution >= 4 is 65.2 Å². The average molecular weight is 994 g/mol. The van der Waals surface area contributed by atoms with Crippen molar-refractivity contribution in [1.82, 2.24) is 47.9 Å². The molecule has 0 saturated carbocycles. The Kier molecular flexibility index (Phi) is 23.3. The Morgan fingerprint density at radius 3 is 1.81 bits per heavy atom. The van der Waals surface area contributed by atoms with Crippen LogP contribution >= 0.6 is 11.8 Å². The molecular formula is C46H71N15O8S. The zero-order valence-electron chi connectivity index (χ0n) is 39.4. The van der Waals surface area contributed by atoms with E-state index in [0.29, 0.717) is 61.6 Å². The minimum absolute atomic E-state index is 0.000250. The van der Waals surface area contributed by atoms with Crippen molar-refractivity contribution in [3.05, 3.63) is 65.7 Å². The molecule has 2 saturated heterocycles. The van der Waals surface area contributed by atoms with Crippen LogP contribution in [0.15, 0.2) is 54.6 Å². The van der Waals surface area contributed by atoms with Crippen LogP contribution in [-0.4, -0.2) is 131 Å². The number of phenolic OH excluding ortho intramolecular Hbond substituents is 1. The molecule has 2 aliphatic rings. The summed E-state index contributed by atoms with van der Waals surface area (Å²) in [5.74, 6) is -3.43. The number of urea groups is 1. The lowest BCUT2D eigenvalue weighted by Gasteiger charge is -2.27. The number of carbonyl (C=O) groups is 7. The third-order valence-corrected chi connectivity index (χ3v) is 13.4. The van der Waals surface area contributed by atoms with Gasteiger partial charge in [-0.3, -0.25) is 39.6 Å². The molecule has 70 heavy (non-hydrogen) atoms. The van der Waals surface area contributed by atoms with Crippen LogP contribution in [0.25, 0.3) is 0 Å². The van der Waals surface area contributed by atoms with E-state index in [1.165, 1.54) is 12.1 Å². The number of phenols is 1. The second-order valence-electron chi connectivity index (χ2n) is 17.5. The maximum absolute atomic E-state index is 14.3. The lowest BCUT2D eigenvalue weighted by molar-refractivity contribution is -0.134. The number of hydrogen-bond acceptors (Lipinski definition) is 12. The number of aromatic hydroxyl groups is 1. The Hall–Kier alpha value is -6.82. The van der Waals surface area contributed by atoms with Gasteiger partial charge in [-0.25, -0.2) is 4.79 Å². The number of nitrogens with two attached hydrogens (primary N) is 4. The summed E-state index contributed by atoms with van der Waals surface area (Å²) in [4.78, 5) is 92.6. The van der Waals surface area contributed by atoms with Crippen molar-refractivity contribution < 1.29 is 38.7 Å². The molecule has 24 heteroatoms. The Morgan fingerprint density at radius 1 is 0.643 bits per heavy atom. The summed E-state index contributed by atoms with van der Waals surface area (Å²) in [5, 5.41) is 50.0. The van der Waals surface area contributed by atoms with Gasteiger partial charge in [-0.05, 0) is 81.0 Å². The number of amides is 8. The van der Waals surface area contributed by atoms with Crippen molar-refractivity contribution in [2.24, 2.45) is 22.9 Å². The molecule has 2 aliphatic heterocycles. The second kappa shape index (κ2) is 29.3. The van der Waals surface area contributed by atoms with Crippen molar-refractivity contribution in [2.75, 3.05) is 25.4 Å². The van der Waals surface area contributed by atoms with Crippen LogP contribution in [0.5, 0.6) is 5.75 Å². The van der Waals surface area contributed by atoms with Gasteiger partial charge in [0.05, 0.1) is 18.1 Å². The molecule has 0 aliphatic carbocycles. The van der Waals surface area contributed by atoms with Crippen molar-refractivity contribution in [3.63, 3.8) is 0 Å². The van der Waals surface area contributed by atoms with Crippen molar-refractivity contribution in [2.45, 2.75) is 131 Å². The van der Waals surface area contributed by atoms with Gasteiger partial charge in [0.1, 0.15) is 29.9 Å². The van der Waals surface area contributed by atoms with Crippen LogP contribution in [0, 0.1) is 10.8 Å². The maximum atomic E-state index is 14.3. The Morgan fingerprint density at radius 2 is 1.19 bits per heavy atom. The van der Waals surface area contributed by atoms with E-state index in [2.05, 4.69) is 47.9 Å². The molecule has 8 amide bonds. The highest BCUT2D eigenvalue weighted by Gasteiger charge is 2.42. The molecule has 0 aromatic heterocycles. The van der Waals surface area contributed by atoms with E-state index >= 15 is 0 Å². The normalized spacial score (nSPS) is 18.0. The fraction of sp³-hybridized carbons (Fsp3) is 0.543. The molecule has 20 N–H and O–H groups in total. The minimum Gasteiger partial charge on any atom is -0.508 e. The third kappa shape index (κ3) is 20.0. The second-order valence-corrected chi connectivity index (χ2v) is 18.8. The standard InChI is InChI=1S/C46H71N15O8S/c47-30(12-8-22-54-44(49)50)40(65)58-33(25-28-17-19-29(62)20-18-28)43(68)57-32(14-9-23-55-45(51)52)41(66)59-34(24-27-10-2-1-3-11-27)42(67)56-31(39(48)64)13-6-7-21-53-37(63)16-5-4-15-36-38-35(26-70-36)60-46(69)61-38/h1-3,10-11,17-20,30-36,38,62H,4-9,12-16,21-26,47H2,(H2,48,64)(H,53,63)(H,56,67)(H,57,68)(H,58,65)(H,59,66)(H4,49,50,54)(H4,51,52,55)(H2,60,61,69)/t30-,31-,32+,33-,34-,35-,36-,38-/m0/s1. The van der Waals surface area contributed by atoms with E-state index in [1.807, 2.05) is 11.8 Å². The summed E-state index contributed by atoms with van der Waals surface area (Å²) in [6.45, 7) is 0.809. The zero-order chi connectivity index (χ0) is 51.0. The highest BCUT2D eigenvalue weighted by atomic mass is 32.2. The van der Waals surface area contributed by atoms with Crippen LogP contribution in [0.2, 0.25) is 0 Å². The predicted octanol–water partition coefficient (Wildman–Crippen LogP) is -1.53. The summed E-state index contributed by atoms with van der Waals surface area (Å²) in [6.07, 6.45) is 4.67. The molecule has 0 unspecified atom stereocenters. The number of rotatable bonds is 31. The fourth-order valence-electron chi connectivity index (χ4n) is 8.06. The molecule has 2 aromatic rings. The van der Waals surface area contributed by atoms with Crippen molar-refractivity contribution in [3.8, 4) is 5.75 Å². The topological polar surface area (TPSA) is 400 Å². The lowest BCUT2D eigenvalue weighted by Crippen LogP contribution is -2.59. The zero-order valence-corrected chi connectivity index (χ0v) is 40.2. The predicted molar refractivity (Wildman–Crippen MR) is 266 cm³/mol. The number of carbonyl (C=O) groups excluding carboxylic acids is 7. The Labute approximate surface area is 412 Å². The highest BCUT2D eigenvalue weighted by molar-refractivity contribution is 8.00. The quantitative estimate of drug-likeness (QED) is 0.0176. The summed E-state index contributed by atoms with van der Waals surface area (Å²) in [7, 11) is 0. The van der Waals surface area contributed by atoms with E-state index in [-0.39, 0.29) is 86.8 Å². The Bertz CT molecular complexity index is 2090. The smallest absolute Gasteiger partial charge is 0.315 e. The molecule has 0 spiro atoms. The minimum atomic E-state index is -1.28. The van der Waals surface area contributed by atoms with Gasteiger partial charge in [-0.2, -0.15) is 11.8 Å². The number of benzene rings is 2. The van der Waals surface area contributed by atoms with Crippen LogP contribution < -0.4 is 70.8 Å². The SMILES string of the molecule is N=C(N)NCCC[C@H](N)C(=O)N[C@@H](Cc1ccc(O)cc1)C(=O)N[C@H](CCCNC(=N)N)C(=O)N[C@@H](Cc1ccccc1)C(=O)N[C@@H](CCCCNC(=O)CCCC[C@@H]1SC[C@@H]2NC(=O)N[C@@H]21)C(N)=O. The molecule has 23 nitrogen and oxygen atoms in total. The van der Waals surface area contributed by atoms with Crippen molar-refractivity contribution in [1.29, 1.82) is 10.8 Å². The number of thioether (sulfide) groups is 1. The molecule has 8 atom stereocenters. The molecule has 2 heterocycles. The number of unbranched alkanes of at least 4 members (excludes halogenated alkanes) is 2. The number of nitrogens with one attached hydrogen (secondary N) is 11. The first kappa shape index (κ1) is 55.8. The molecule has 384 valence electrons. The van der Waals surface area contributed by atoms with E-state index in [0.717, 1.165) is 18.6 Å². The average Bonchev–Trinajstić information content (AvgIpc) is 3.88. The number of hydrogen-bond donors (Lipinski definition) is 16. The Balaban J connectivity index is 1.38. The van der Waals surface area contributed by atoms with Gasteiger partial charge >= 0.3 is 6.03 Å². The molecule has 2 aromatic carbocycles. The summed E-state index contributed by atoms with van der Waals surface area (Å²) >= 11 is 1.83. The third-order valence-electron chi connectivity index (χ3n) is 11.9. The fourth-order valence-corrected chi connectivity index (χ4v) is 9.60. The summed E-state index contributed by atoms with van der Waals surface area (Å²) in [6, 6.07) is 9.03. The summed E-state index contributed by atoms with van der Waals surface area (Å²) in [5.41, 5.74) is 24.0. The van der Waals surface area contributed by atoms with Crippen LogP contribution in [0.1, 0.15) is 81.8 Å². The van der Waals surface area contributed by atoms with E-state index < -0.39 is 59.7 Å². The van der Waals surface area contributed by atoms with Gasteiger partial charge in [-0.1, -0.05) is 48.9 Å².